The molecule has 1 fully saturated rings. The van der Waals surface area contributed by atoms with E-state index in [-0.39, 0.29) is 10.1 Å². The second-order valence-electron chi connectivity index (χ2n) is 7.81. The van der Waals surface area contributed by atoms with Crippen LogP contribution in [0.25, 0.3) is 0 Å². The van der Waals surface area contributed by atoms with Gasteiger partial charge in [0.1, 0.15) is 16.0 Å². The summed E-state index contributed by atoms with van der Waals surface area (Å²) < 4.78 is 33.8. The zero-order valence-electron chi connectivity index (χ0n) is 18.4. The molecule has 174 valence electrons. The van der Waals surface area contributed by atoms with Crippen LogP contribution in [0.3, 0.4) is 0 Å². The third-order valence-electron chi connectivity index (χ3n) is 5.67. The van der Waals surface area contributed by atoms with Gasteiger partial charge in [-0.3, -0.25) is 4.79 Å². The lowest BCUT2D eigenvalue weighted by Crippen LogP contribution is -2.55. The SMILES string of the molecule is COc1ccc(N2CCN(C(=O)[C@H](Cc3ccccc3)NS(=O)(=O)c3cccs3)CC2)cc1. The molecule has 3 aromatic rings. The van der Waals surface area contributed by atoms with Crippen LogP contribution in [0.1, 0.15) is 5.56 Å². The molecule has 0 radical (unpaired) electrons. The van der Waals surface area contributed by atoms with Crippen LogP contribution >= 0.6 is 11.3 Å². The van der Waals surface area contributed by atoms with Gasteiger partial charge in [0, 0.05) is 31.9 Å². The van der Waals surface area contributed by atoms with Crippen molar-refractivity contribution < 1.29 is 17.9 Å². The number of nitrogens with zero attached hydrogens (tertiary/aromatic N) is 2. The maximum absolute atomic E-state index is 13.4. The molecule has 1 aliphatic heterocycles. The summed E-state index contributed by atoms with van der Waals surface area (Å²) in [5, 5.41) is 1.71. The number of nitrogens with one attached hydrogen (secondary N) is 1. The molecule has 9 heteroatoms. The largest absolute Gasteiger partial charge is 0.497 e. The number of carbonyl (C=O) groups excluding carboxylic acids is 1. The fourth-order valence-corrected chi connectivity index (χ4v) is 6.09. The topological polar surface area (TPSA) is 79.0 Å². The molecule has 1 atom stereocenters. The average Bonchev–Trinajstić information content (AvgIpc) is 3.40. The van der Waals surface area contributed by atoms with E-state index >= 15 is 0 Å². The number of benzene rings is 2. The lowest BCUT2D eigenvalue weighted by atomic mass is 10.1. The standard InChI is InChI=1S/C24H27N3O4S2/c1-31-21-11-9-20(10-12-21)26-13-15-27(16-14-26)24(28)22(18-19-6-3-2-4-7-19)25-33(29,30)23-8-5-17-32-23/h2-12,17,22,25H,13-16,18H2,1H3/t22-/m0/s1. The molecule has 1 saturated heterocycles. The highest BCUT2D eigenvalue weighted by Crippen LogP contribution is 2.22. The van der Waals surface area contributed by atoms with Gasteiger partial charge in [-0.2, -0.15) is 4.72 Å². The van der Waals surface area contributed by atoms with Crippen molar-refractivity contribution in [3.8, 4) is 5.75 Å². The number of carbonyl (C=O) groups is 1. The first-order valence-electron chi connectivity index (χ1n) is 10.7. The first-order valence-corrected chi connectivity index (χ1v) is 13.1. The van der Waals surface area contributed by atoms with Crippen LogP contribution in [-0.4, -0.2) is 58.6 Å². The van der Waals surface area contributed by atoms with Crippen LogP contribution in [-0.2, 0) is 21.2 Å². The van der Waals surface area contributed by atoms with Gasteiger partial charge in [-0.05, 0) is 47.7 Å². The Hall–Kier alpha value is -2.88. The predicted molar refractivity (Wildman–Crippen MR) is 130 cm³/mol. The number of hydrogen-bond acceptors (Lipinski definition) is 6. The monoisotopic (exact) mass is 485 g/mol. The second kappa shape index (κ2) is 10.4. The molecule has 1 N–H and O–H groups in total. The third kappa shape index (κ3) is 5.73. The third-order valence-corrected chi connectivity index (χ3v) is 8.54. The molecule has 2 heterocycles. The summed E-state index contributed by atoms with van der Waals surface area (Å²) in [5.74, 6) is 0.600. The summed E-state index contributed by atoms with van der Waals surface area (Å²) in [7, 11) is -2.14. The molecular weight excluding hydrogens is 458 g/mol. The Bertz CT molecular complexity index is 1140. The van der Waals surface area contributed by atoms with E-state index in [2.05, 4.69) is 9.62 Å². The maximum Gasteiger partial charge on any atom is 0.250 e. The van der Waals surface area contributed by atoms with Gasteiger partial charge < -0.3 is 14.5 Å². The summed E-state index contributed by atoms with van der Waals surface area (Å²) in [6.07, 6.45) is 0.295. The zero-order chi connectivity index (χ0) is 23.3. The smallest absolute Gasteiger partial charge is 0.250 e. The summed E-state index contributed by atoms with van der Waals surface area (Å²) >= 11 is 1.13. The number of rotatable bonds is 8. The molecule has 33 heavy (non-hydrogen) atoms. The van der Waals surface area contributed by atoms with Gasteiger partial charge >= 0.3 is 0 Å². The van der Waals surface area contributed by atoms with Gasteiger partial charge in [-0.15, -0.1) is 11.3 Å². The lowest BCUT2D eigenvalue weighted by molar-refractivity contribution is -0.133. The van der Waals surface area contributed by atoms with Gasteiger partial charge in [0.05, 0.1) is 7.11 Å². The first-order chi connectivity index (χ1) is 16.0. The molecule has 1 amide bonds. The number of thiophene rings is 1. The van der Waals surface area contributed by atoms with Crippen molar-refractivity contribution in [1.82, 2.24) is 9.62 Å². The molecule has 0 unspecified atom stereocenters. The van der Waals surface area contributed by atoms with Crippen molar-refractivity contribution in [2.75, 3.05) is 38.2 Å². The number of sulfonamides is 1. The van der Waals surface area contributed by atoms with Crippen LogP contribution in [0.15, 0.2) is 76.3 Å². The Morgan fingerprint density at radius 2 is 1.70 bits per heavy atom. The number of amides is 1. The van der Waals surface area contributed by atoms with Crippen LogP contribution < -0.4 is 14.4 Å². The van der Waals surface area contributed by atoms with Gasteiger partial charge in [-0.25, -0.2) is 8.42 Å². The molecule has 0 aliphatic carbocycles. The first kappa shape index (κ1) is 23.3. The number of anilines is 1. The molecule has 0 saturated carbocycles. The Balaban J connectivity index is 1.46. The van der Waals surface area contributed by atoms with Gasteiger partial charge in [0.2, 0.25) is 5.91 Å². The fourth-order valence-electron chi connectivity index (χ4n) is 3.89. The number of piperazine rings is 1. The Kier molecular flexibility index (Phi) is 7.32. The highest BCUT2D eigenvalue weighted by molar-refractivity contribution is 7.91. The molecule has 1 aliphatic rings. The molecule has 4 rings (SSSR count). The van der Waals surface area contributed by atoms with Crippen LogP contribution in [0.4, 0.5) is 5.69 Å². The van der Waals surface area contributed by atoms with E-state index in [4.69, 9.17) is 4.74 Å². The van der Waals surface area contributed by atoms with E-state index in [1.807, 2.05) is 54.6 Å². The van der Waals surface area contributed by atoms with Crippen molar-refractivity contribution in [2.45, 2.75) is 16.7 Å². The van der Waals surface area contributed by atoms with Crippen molar-refractivity contribution in [3.63, 3.8) is 0 Å². The second-order valence-corrected chi connectivity index (χ2v) is 10.7. The van der Waals surface area contributed by atoms with E-state index in [0.717, 1.165) is 28.3 Å². The highest BCUT2D eigenvalue weighted by Gasteiger charge is 2.31. The van der Waals surface area contributed by atoms with Crippen molar-refractivity contribution in [2.24, 2.45) is 0 Å². The summed E-state index contributed by atoms with van der Waals surface area (Å²) in [4.78, 5) is 17.4. The quantitative estimate of drug-likeness (QED) is 0.531. The minimum Gasteiger partial charge on any atom is -0.497 e. The molecule has 2 aromatic carbocycles. The van der Waals surface area contributed by atoms with E-state index in [1.54, 1.807) is 29.5 Å². The maximum atomic E-state index is 13.4. The average molecular weight is 486 g/mol. The molecule has 1 aromatic heterocycles. The van der Waals surface area contributed by atoms with Crippen molar-refractivity contribution in [3.05, 3.63) is 77.7 Å². The van der Waals surface area contributed by atoms with E-state index in [9.17, 15) is 13.2 Å². The summed E-state index contributed by atoms with van der Waals surface area (Å²) in [6, 6.07) is 19.7. The van der Waals surface area contributed by atoms with Crippen LogP contribution in [0, 0.1) is 0 Å². The normalized spacial score (nSPS) is 15.3. The van der Waals surface area contributed by atoms with Crippen molar-refractivity contribution >= 4 is 33.0 Å². The fraction of sp³-hybridized carbons (Fsp3) is 0.292. The van der Waals surface area contributed by atoms with E-state index in [1.165, 1.54) is 0 Å². The minimum absolute atomic E-state index is 0.201. The molecule has 7 nitrogen and oxygen atoms in total. The Morgan fingerprint density at radius 1 is 1.00 bits per heavy atom. The van der Waals surface area contributed by atoms with Gasteiger partial charge in [0.25, 0.3) is 10.0 Å². The van der Waals surface area contributed by atoms with Crippen molar-refractivity contribution in [1.29, 1.82) is 0 Å². The predicted octanol–water partition coefficient (Wildman–Crippen LogP) is 3.00. The highest BCUT2D eigenvalue weighted by atomic mass is 32.2. The van der Waals surface area contributed by atoms with E-state index in [0.29, 0.717) is 32.6 Å². The molecule has 0 bridgehead atoms. The van der Waals surface area contributed by atoms with Gasteiger partial charge in [-0.1, -0.05) is 36.4 Å². The Labute approximate surface area is 198 Å². The van der Waals surface area contributed by atoms with E-state index < -0.39 is 16.1 Å². The van der Waals surface area contributed by atoms with Crippen LogP contribution in [0.2, 0.25) is 0 Å². The van der Waals surface area contributed by atoms with Crippen LogP contribution in [0.5, 0.6) is 5.75 Å². The zero-order valence-corrected chi connectivity index (χ0v) is 20.0. The number of hydrogen-bond donors (Lipinski definition) is 1. The Morgan fingerprint density at radius 3 is 2.30 bits per heavy atom. The number of ether oxygens (including phenoxy) is 1. The summed E-state index contributed by atoms with van der Waals surface area (Å²) in [6.45, 7) is 2.40. The summed E-state index contributed by atoms with van der Waals surface area (Å²) in [5.41, 5.74) is 1.98. The molecular formula is C24H27N3O4S2. The molecule has 0 spiro atoms. The minimum atomic E-state index is -3.78. The lowest BCUT2D eigenvalue weighted by Gasteiger charge is -2.37. The number of methoxy groups -OCH3 is 1. The van der Waals surface area contributed by atoms with Gasteiger partial charge in [0.15, 0.2) is 0 Å².